The third-order valence-electron chi connectivity index (χ3n) is 2.76. The van der Waals surface area contributed by atoms with E-state index in [0.29, 0.717) is 0 Å². The Labute approximate surface area is 114 Å². The first kappa shape index (κ1) is 17.0. The van der Waals surface area contributed by atoms with E-state index in [2.05, 4.69) is 56.9 Å². The van der Waals surface area contributed by atoms with Crippen LogP contribution in [0.5, 0.6) is 0 Å². The lowest BCUT2D eigenvalue weighted by Gasteiger charge is -1.98. The van der Waals surface area contributed by atoms with Crippen LogP contribution in [0.4, 0.5) is 0 Å². The van der Waals surface area contributed by atoms with Gasteiger partial charge in [0.15, 0.2) is 0 Å². The van der Waals surface area contributed by atoms with Gasteiger partial charge in [-0.1, -0.05) is 55.4 Å². The Balaban J connectivity index is 3.26. The van der Waals surface area contributed by atoms with Crippen molar-refractivity contribution in [3.63, 3.8) is 0 Å². The minimum absolute atomic E-state index is 1.12. The number of hydrogen-bond donors (Lipinski definition) is 0. The zero-order valence-electron chi connectivity index (χ0n) is 12.3. The Morgan fingerprint density at radius 1 is 0.833 bits per heavy atom. The molecular weight excluding hydrogens is 216 g/mol. The Kier molecular flexibility index (Phi) is 13.2. The van der Waals surface area contributed by atoms with E-state index in [0.717, 1.165) is 12.8 Å². The van der Waals surface area contributed by atoms with E-state index in [9.17, 15) is 0 Å². The zero-order chi connectivity index (χ0) is 13.5. The van der Waals surface area contributed by atoms with Crippen molar-refractivity contribution in [3.8, 4) is 0 Å². The number of hydrogen-bond acceptors (Lipinski definition) is 0. The van der Waals surface area contributed by atoms with Crippen molar-refractivity contribution >= 4 is 0 Å². The molecule has 18 heavy (non-hydrogen) atoms. The van der Waals surface area contributed by atoms with Gasteiger partial charge in [-0.25, -0.2) is 0 Å². The molecule has 0 aliphatic carbocycles. The Morgan fingerprint density at radius 3 is 2.22 bits per heavy atom. The summed E-state index contributed by atoms with van der Waals surface area (Å²) in [5, 5.41) is 0. The Bertz CT molecular complexity index is 266. The predicted octanol–water partition coefficient (Wildman–Crippen LogP) is 6.37. The highest BCUT2D eigenvalue weighted by Gasteiger charge is 1.88. The molecule has 0 heterocycles. The third-order valence-corrected chi connectivity index (χ3v) is 2.76. The van der Waals surface area contributed by atoms with Crippen molar-refractivity contribution in [2.45, 2.75) is 65.2 Å². The largest absolute Gasteiger partial charge is 0.100 e. The third kappa shape index (κ3) is 15.0. The van der Waals surface area contributed by atoms with E-state index in [1.807, 2.05) is 0 Å². The maximum Gasteiger partial charge on any atom is -0.0313 e. The minimum Gasteiger partial charge on any atom is -0.100 e. The highest BCUT2D eigenvalue weighted by atomic mass is 13.9. The molecule has 0 aromatic rings. The summed E-state index contributed by atoms with van der Waals surface area (Å²) in [5.41, 5.74) is 1.31. The van der Waals surface area contributed by atoms with Gasteiger partial charge in [0.2, 0.25) is 0 Å². The molecule has 0 nitrogen and oxygen atoms in total. The van der Waals surface area contributed by atoms with E-state index in [4.69, 9.17) is 0 Å². The molecule has 0 unspecified atom stereocenters. The standard InChI is InChI=1S/C18H30/c1-4-5-6-7-8-9-10-11-12-13-14-15-16-17-18(2)3/h5-8,11-12H,2,4,9-10,13-17H2,1,3H3/b6-5+,8-7-,12-11-. The molecule has 0 spiro atoms. The second kappa shape index (κ2) is 14.0. The van der Waals surface area contributed by atoms with E-state index in [-0.39, 0.29) is 0 Å². The summed E-state index contributed by atoms with van der Waals surface area (Å²) in [6, 6.07) is 0. The first-order valence-corrected chi connectivity index (χ1v) is 7.38. The fraction of sp³-hybridized carbons (Fsp3) is 0.556. The smallest absolute Gasteiger partial charge is 0.0313 e. The molecule has 0 aliphatic rings. The average Bonchev–Trinajstić information content (AvgIpc) is 2.34. The number of unbranched alkanes of at least 4 members (excludes halogenated alkanes) is 4. The van der Waals surface area contributed by atoms with Gasteiger partial charge in [0.05, 0.1) is 0 Å². The van der Waals surface area contributed by atoms with Gasteiger partial charge in [-0.2, -0.15) is 0 Å². The van der Waals surface area contributed by atoms with Gasteiger partial charge in [0, 0.05) is 0 Å². The van der Waals surface area contributed by atoms with Crippen LogP contribution in [0, 0.1) is 0 Å². The molecule has 0 heteroatoms. The van der Waals surface area contributed by atoms with Crippen LogP contribution < -0.4 is 0 Å². The van der Waals surface area contributed by atoms with Crippen molar-refractivity contribution in [3.05, 3.63) is 48.6 Å². The summed E-state index contributed by atoms with van der Waals surface area (Å²) in [6.07, 6.45) is 23.2. The van der Waals surface area contributed by atoms with Crippen LogP contribution >= 0.6 is 0 Å². The highest BCUT2D eigenvalue weighted by molar-refractivity contribution is 5.02. The summed E-state index contributed by atoms with van der Waals surface area (Å²) < 4.78 is 0. The number of allylic oxidation sites excluding steroid dienone is 7. The van der Waals surface area contributed by atoms with Crippen LogP contribution in [0.1, 0.15) is 65.2 Å². The van der Waals surface area contributed by atoms with Gasteiger partial charge in [-0.3, -0.25) is 0 Å². The lowest BCUT2D eigenvalue weighted by molar-refractivity contribution is 0.684. The SMILES string of the molecule is C=C(C)CCCCC/C=C\CC/C=C\C=C\CC. The van der Waals surface area contributed by atoms with Crippen molar-refractivity contribution in [2.24, 2.45) is 0 Å². The molecule has 102 valence electrons. The van der Waals surface area contributed by atoms with Gasteiger partial charge < -0.3 is 0 Å². The molecule has 0 aliphatic heterocycles. The van der Waals surface area contributed by atoms with Crippen molar-refractivity contribution in [2.75, 3.05) is 0 Å². The molecule has 0 bridgehead atoms. The van der Waals surface area contributed by atoms with E-state index < -0.39 is 0 Å². The molecule has 0 radical (unpaired) electrons. The van der Waals surface area contributed by atoms with Gasteiger partial charge >= 0.3 is 0 Å². The predicted molar refractivity (Wildman–Crippen MR) is 84.8 cm³/mol. The molecular formula is C18H30. The first-order valence-electron chi connectivity index (χ1n) is 7.38. The van der Waals surface area contributed by atoms with E-state index in [1.165, 1.54) is 44.1 Å². The summed E-state index contributed by atoms with van der Waals surface area (Å²) in [6.45, 7) is 8.19. The van der Waals surface area contributed by atoms with Crippen molar-refractivity contribution in [1.29, 1.82) is 0 Å². The second-order valence-corrected chi connectivity index (χ2v) is 4.87. The van der Waals surface area contributed by atoms with Crippen LogP contribution in [0.3, 0.4) is 0 Å². The second-order valence-electron chi connectivity index (χ2n) is 4.87. The van der Waals surface area contributed by atoms with Gasteiger partial charge in [0.1, 0.15) is 0 Å². The topological polar surface area (TPSA) is 0 Å². The summed E-state index contributed by atoms with van der Waals surface area (Å²) in [5.74, 6) is 0. The molecule has 0 aromatic carbocycles. The summed E-state index contributed by atoms with van der Waals surface area (Å²) in [7, 11) is 0. The molecule has 0 fully saturated rings. The molecule has 0 saturated carbocycles. The van der Waals surface area contributed by atoms with Gasteiger partial charge in [0.25, 0.3) is 0 Å². The van der Waals surface area contributed by atoms with E-state index >= 15 is 0 Å². The highest BCUT2D eigenvalue weighted by Crippen LogP contribution is 2.08. The average molecular weight is 246 g/mol. The molecule has 0 N–H and O–H groups in total. The quantitative estimate of drug-likeness (QED) is 0.226. The normalized spacial score (nSPS) is 12.1. The molecule has 0 aromatic heterocycles. The summed E-state index contributed by atoms with van der Waals surface area (Å²) >= 11 is 0. The Morgan fingerprint density at radius 2 is 1.50 bits per heavy atom. The van der Waals surface area contributed by atoms with Gasteiger partial charge in [-0.05, 0) is 51.9 Å². The molecule has 0 amide bonds. The minimum atomic E-state index is 1.12. The maximum absolute atomic E-state index is 3.92. The van der Waals surface area contributed by atoms with E-state index in [1.54, 1.807) is 0 Å². The van der Waals surface area contributed by atoms with Crippen LogP contribution in [-0.4, -0.2) is 0 Å². The number of rotatable bonds is 11. The van der Waals surface area contributed by atoms with Crippen molar-refractivity contribution in [1.82, 2.24) is 0 Å². The maximum atomic E-state index is 3.92. The van der Waals surface area contributed by atoms with Crippen molar-refractivity contribution < 1.29 is 0 Å². The zero-order valence-corrected chi connectivity index (χ0v) is 12.3. The molecule has 0 saturated heterocycles. The Hall–Kier alpha value is -1.04. The lowest BCUT2D eigenvalue weighted by atomic mass is 10.1. The fourth-order valence-corrected chi connectivity index (χ4v) is 1.68. The van der Waals surface area contributed by atoms with Crippen LogP contribution in [0.2, 0.25) is 0 Å². The summed E-state index contributed by atoms with van der Waals surface area (Å²) in [4.78, 5) is 0. The molecule has 0 atom stereocenters. The van der Waals surface area contributed by atoms with Crippen LogP contribution in [0.15, 0.2) is 48.6 Å². The fourth-order valence-electron chi connectivity index (χ4n) is 1.68. The van der Waals surface area contributed by atoms with Crippen LogP contribution in [0.25, 0.3) is 0 Å². The molecule has 0 rings (SSSR count). The van der Waals surface area contributed by atoms with Gasteiger partial charge in [-0.15, -0.1) is 6.58 Å². The van der Waals surface area contributed by atoms with Crippen LogP contribution in [-0.2, 0) is 0 Å². The lowest BCUT2D eigenvalue weighted by Crippen LogP contribution is -1.78. The monoisotopic (exact) mass is 246 g/mol. The first-order chi connectivity index (χ1) is 8.77.